The number of amides is 1. The van der Waals surface area contributed by atoms with Gasteiger partial charge in [0.25, 0.3) is 0 Å². The number of hydrogen-bond donors (Lipinski definition) is 1. The average Bonchev–Trinajstić information content (AvgIpc) is 2.74. The lowest BCUT2D eigenvalue weighted by atomic mass is 10.1. The zero-order valence-electron chi connectivity index (χ0n) is 7.23. The van der Waals surface area contributed by atoms with E-state index in [-0.39, 0.29) is 36.6 Å². The van der Waals surface area contributed by atoms with Gasteiger partial charge in [0.15, 0.2) is 6.29 Å². The highest BCUT2D eigenvalue weighted by Gasteiger charge is 2.61. The minimum atomic E-state index is -0.308. The summed E-state index contributed by atoms with van der Waals surface area (Å²) in [4.78, 5) is 10.9. The molecular weight excluding hydrogens is 174 g/mol. The van der Waals surface area contributed by atoms with Gasteiger partial charge in [-0.15, -0.1) is 0 Å². The Balaban J connectivity index is 1.76. The minimum Gasteiger partial charge on any atom is -0.364 e. The number of hydrogen-bond acceptors (Lipinski definition) is 4. The predicted molar refractivity (Wildman–Crippen MR) is 40.9 cm³/mol. The smallest absolute Gasteiger partial charge is 0.217 e. The van der Waals surface area contributed by atoms with Gasteiger partial charge in [0.2, 0.25) is 5.91 Å². The molecule has 72 valence electrons. The Hall–Kier alpha value is -0.650. The number of carbonyl (C=O) groups is 1. The Morgan fingerprint density at radius 1 is 1.38 bits per heavy atom. The summed E-state index contributed by atoms with van der Waals surface area (Å²) >= 11 is 0. The predicted octanol–water partition coefficient (Wildman–Crippen LogP) is -0.986. The van der Waals surface area contributed by atoms with E-state index in [1.54, 1.807) is 0 Å². The molecule has 3 unspecified atom stereocenters. The summed E-state index contributed by atoms with van der Waals surface area (Å²) in [7, 11) is 0. The third-order valence-electron chi connectivity index (χ3n) is 2.68. The van der Waals surface area contributed by atoms with Gasteiger partial charge in [0.05, 0.1) is 6.61 Å². The first kappa shape index (κ1) is 7.73. The molecule has 2 bridgehead atoms. The largest absolute Gasteiger partial charge is 0.364 e. The lowest BCUT2D eigenvalue weighted by molar-refractivity contribution is -0.128. The molecule has 0 aromatic rings. The lowest BCUT2D eigenvalue weighted by Gasteiger charge is -2.24. The SMILES string of the molecule is CC(=O)NC1C2OCC(O2)[C@@H]2O[C@@H]12. The summed E-state index contributed by atoms with van der Waals surface area (Å²) in [6.07, 6.45) is 0.0170. The van der Waals surface area contributed by atoms with Gasteiger partial charge in [0.1, 0.15) is 24.4 Å². The van der Waals surface area contributed by atoms with E-state index in [0.29, 0.717) is 6.61 Å². The number of fused-ring (bicyclic) bond motifs is 4. The maximum Gasteiger partial charge on any atom is 0.217 e. The molecule has 3 aliphatic heterocycles. The van der Waals surface area contributed by atoms with E-state index in [4.69, 9.17) is 14.2 Å². The molecule has 3 saturated heterocycles. The van der Waals surface area contributed by atoms with Crippen molar-refractivity contribution in [2.45, 2.75) is 37.6 Å². The molecule has 13 heavy (non-hydrogen) atoms. The molecule has 0 aromatic heterocycles. The Morgan fingerprint density at radius 3 is 3.00 bits per heavy atom. The van der Waals surface area contributed by atoms with Crippen molar-refractivity contribution in [1.82, 2.24) is 5.32 Å². The number of carbonyl (C=O) groups excluding carboxylic acids is 1. The molecule has 0 saturated carbocycles. The summed E-state index contributed by atoms with van der Waals surface area (Å²) in [5, 5.41) is 2.79. The molecule has 0 radical (unpaired) electrons. The highest BCUT2D eigenvalue weighted by molar-refractivity contribution is 5.73. The Labute approximate surface area is 75.3 Å². The Morgan fingerprint density at radius 2 is 2.23 bits per heavy atom. The highest BCUT2D eigenvalue weighted by atomic mass is 16.8. The van der Waals surface area contributed by atoms with Crippen molar-refractivity contribution in [1.29, 1.82) is 0 Å². The van der Waals surface area contributed by atoms with Crippen molar-refractivity contribution in [3.8, 4) is 0 Å². The fourth-order valence-corrected chi connectivity index (χ4v) is 2.07. The molecule has 1 amide bonds. The van der Waals surface area contributed by atoms with Gasteiger partial charge in [-0.2, -0.15) is 0 Å². The summed E-state index contributed by atoms with van der Waals surface area (Å²) in [6, 6.07) is -0.124. The van der Waals surface area contributed by atoms with E-state index in [1.165, 1.54) is 6.92 Å². The third kappa shape index (κ3) is 1.08. The standard InChI is InChI=1S/C8H11NO4/c1-3(10)9-5-7-6(13-7)4-2-11-8(5)12-4/h4-8H,2H2,1H3,(H,9,10)/t4?,5?,6-,7-,8?/m0/s1. The molecule has 3 fully saturated rings. The van der Waals surface area contributed by atoms with Gasteiger partial charge < -0.3 is 19.5 Å². The molecule has 1 N–H and O–H groups in total. The van der Waals surface area contributed by atoms with E-state index < -0.39 is 0 Å². The van der Waals surface area contributed by atoms with E-state index >= 15 is 0 Å². The first-order chi connectivity index (χ1) is 6.25. The van der Waals surface area contributed by atoms with Crippen LogP contribution in [0.5, 0.6) is 0 Å². The molecule has 0 spiro atoms. The highest BCUT2D eigenvalue weighted by Crippen LogP contribution is 2.41. The van der Waals surface area contributed by atoms with Gasteiger partial charge in [-0.05, 0) is 0 Å². The molecule has 0 aliphatic carbocycles. The fourth-order valence-electron chi connectivity index (χ4n) is 2.07. The first-order valence-electron chi connectivity index (χ1n) is 4.45. The molecule has 5 heteroatoms. The van der Waals surface area contributed by atoms with E-state index in [9.17, 15) is 4.79 Å². The first-order valence-corrected chi connectivity index (χ1v) is 4.45. The monoisotopic (exact) mass is 185 g/mol. The zero-order valence-corrected chi connectivity index (χ0v) is 7.23. The molecule has 5 atom stereocenters. The number of rotatable bonds is 1. The van der Waals surface area contributed by atoms with Crippen LogP contribution in [0.25, 0.3) is 0 Å². The third-order valence-corrected chi connectivity index (χ3v) is 2.68. The van der Waals surface area contributed by atoms with Crippen LogP contribution in [0.1, 0.15) is 6.92 Å². The van der Waals surface area contributed by atoms with Crippen LogP contribution >= 0.6 is 0 Å². The second-order valence-electron chi connectivity index (χ2n) is 3.67. The van der Waals surface area contributed by atoms with Gasteiger partial charge >= 0.3 is 0 Å². The maximum absolute atomic E-state index is 10.9. The number of nitrogens with one attached hydrogen (secondary N) is 1. The van der Waals surface area contributed by atoms with Crippen molar-refractivity contribution in [2.75, 3.05) is 6.61 Å². The summed E-state index contributed by atoms with van der Waals surface area (Å²) < 4.78 is 16.3. The Kier molecular flexibility index (Phi) is 1.45. The summed E-state index contributed by atoms with van der Waals surface area (Å²) in [6.45, 7) is 2.07. The van der Waals surface area contributed by atoms with E-state index in [2.05, 4.69) is 5.32 Å². The normalized spacial score (nSPS) is 51.3. The van der Waals surface area contributed by atoms with Crippen molar-refractivity contribution in [2.24, 2.45) is 0 Å². The van der Waals surface area contributed by atoms with Crippen LogP contribution in [0.3, 0.4) is 0 Å². The van der Waals surface area contributed by atoms with Gasteiger partial charge in [-0.1, -0.05) is 0 Å². The van der Waals surface area contributed by atoms with Crippen LogP contribution in [0, 0.1) is 0 Å². The zero-order chi connectivity index (χ0) is 9.00. The molecule has 3 rings (SSSR count). The van der Waals surface area contributed by atoms with Crippen LogP contribution < -0.4 is 5.32 Å². The van der Waals surface area contributed by atoms with Gasteiger partial charge in [0, 0.05) is 6.92 Å². The Bertz CT molecular complexity index is 257. The average molecular weight is 185 g/mol. The quantitative estimate of drug-likeness (QED) is 0.533. The number of epoxide rings is 1. The minimum absolute atomic E-state index is 0.0724. The van der Waals surface area contributed by atoms with Crippen molar-refractivity contribution in [3.63, 3.8) is 0 Å². The molecule has 0 aromatic carbocycles. The van der Waals surface area contributed by atoms with Gasteiger partial charge in [-0.25, -0.2) is 0 Å². The van der Waals surface area contributed by atoms with Gasteiger partial charge in [-0.3, -0.25) is 4.79 Å². The summed E-state index contributed by atoms with van der Waals surface area (Å²) in [5.41, 5.74) is 0. The number of ether oxygens (including phenoxy) is 3. The van der Waals surface area contributed by atoms with Crippen LogP contribution in [-0.4, -0.2) is 43.2 Å². The molecule has 5 nitrogen and oxygen atoms in total. The molecular formula is C8H11NO4. The van der Waals surface area contributed by atoms with Crippen LogP contribution in [0.4, 0.5) is 0 Å². The topological polar surface area (TPSA) is 60.1 Å². The molecule has 3 aliphatic rings. The van der Waals surface area contributed by atoms with Crippen molar-refractivity contribution < 1.29 is 19.0 Å². The van der Waals surface area contributed by atoms with Crippen LogP contribution in [0.2, 0.25) is 0 Å². The fraction of sp³-hybridized carbons (Fsp3) is 0.875. The molecule has 3 heterocycles. The maximum atomic E-state index is 10.9. The van der Waals surface area contributed by atoms with Crippen LogP contribution in [0.15, 0.2) is 0 Å². The van der Waals surface area contributed by atoms with Crippen LogP contribution in [-0.2, 0) is 19.0 Å². The van der Waals surface area contributed by atoms with E-state index in [1.807, 2.05) is 0 Å². The van der Waals surface area contributed by atoms with Crippen molar-refractivity contribution >= 4 is 5.91 Å². The lowest BCUT2D eigenvalue weighted by Crippen LogP contribution is -2.50. The van der Waals surface area contributed by atoms with Crippen molar-refractivity contribution in [3.05, 3.63) is 0 Å². The second kappa shape index (κ2) is 2.43. The summed E-state index contributed by atoms with van der Waals surface area (Å²) in [5.74, 6) is -0.0724. The van der Waals surface area contributed by atoms with E-state index in [0.717, 1.165) is 0 Å². The second-order valence-corrected chi connectivity index (χ2v) is 3.67.